The summed E-state index contributed by atoms with van der Waals surface area (Å²) in [5.74, 6) is -2.45. The molecule has 1 amide bonds. The summed E-state index contributed by atoms with van der Waals surface area (Å²) in [6, 6.07) is 6.41. The van der Waals surface area contributed by atoms with E-state index in [1.807, 2.05) is 0 Å². The van der Waals surface area contributed by atoms with Gasteiger partial charge in [-0.25, -0.2) is 9.59 Å². The van der Waals surface area contributed by atoms with Crippen LogP contribution in [0.15, 0.2) is 24.3 Å². The zero-order valence-electron chi connectivity index (χ0n) is 14.9. The van der Waals surface area contributed by atoms with Gasteiger partial charge in [-0.1, -0.05) is 24.3 Å². The summed E-state index contributed by atoms with van der Waals surface area (Å²) in [5.41, 5.74) is -0.906. The smallest absolute Gasteiger partial charge is 0.344 e. The number of hydrogen-bond acceptors (Lipinski definition) is 6. The van der Waals surface area contributed by atoms with Crippen molar-refractivity contribution in [3.8, 4) is 0 Å². The third kappa shape index (κ3) is 5.14. The monoisotopic (exact) mass is 349 g/mol. The second-order valence-corrected chi connectivity index (χ2v) is 5.46. The number of nitrogens with one attached hydrogen (secondary N) is 1. The van der Waals surface area contributed by atoms with Gasteiger partial charge >= 0.3 is 11.9 Å². The van der Waals surface area contributed by atoms with E-state index in [0.29, 0.717) is 11.1 Å². The number of benzene rings is 1. The summed E-state index contributed by atoms with van der Waals surface area (Å²) < 4.78 is 10.0. The molecule has 136 valence electrons. The van der Waals surface area contributed by atoms with Crippen LogP contribution in [-0.4, -0.2) is 42.4 Å². The molecule has 7 heteroatoms. The van der Waals surface area contributed by atoms with Gasteiger partial charge < -0.3 is 14.8 Å². The highest BCUT2D eigenvalue weighted by Crippen LogP contribution is 2.19. The number of esters is 2. The molecule has 25 heavy (non-hydrogen) atoms. The lowest BCUT2D eigenvalue weighted by atomic mass is 9.89. The molecule has 0 saturated heterocycles. The van der Waals surface area contributed by atoms with Gasteiger partial charge in [0.15, 0.2) is 5.78 Å². The van der Waals surface area contributed by atoms with Crippen LogP contribution in [-0.2, 0) is 30.3 Å². The van der Waals surface area contributed by atoms with Crippen LogP contribution < -0.4 is 5.32 Å². The van der Waals surface area contributed by atoms with Crippen LogP contribution in [0.3, 0.4) is 0 Å². The molecule has 0 radical (unpaired) electrons. The normalized spacial score (nSPS) is 10.7. The molecule has 1 rings (SSSR count). The lowest BCUT2D eigenvalue weighted by Crippen LogP contribution is -2.62. The van der Waals surface area contributed by atoms with Crippen molar-refractivity contribution in [1.29, 1.82) is 0 Å². The van der Waals surface area contributed by atoms with E-state index in [2.05, 4.69) is 5.32 Å². The van der Waals surface area contributed by atoms with Crippen LogP contribution in [0, 0.1) is 0 Å². The lowest BCUT2D eigenvalue weighted by Gasteiger charge is -2.29. The Hall–Kier alpha value is -2.70. The van der Waals surface area contributed by atoms with E-state index in [-0.39, 0.29) is 25.4 Å². The van der Waals surface area contributed by atoms with Gasteiger partial charge in [0.1, 0.15) is 0 Å². The van der Waals surface area contributed by atoms with Gasteiger partial charge in [-0.05, 0) is 26.3 Å². The highest BCUT2D eigenvalue weighted by atomic mass is 16.6. The quantitative estimate of drug-likeness (QED) is 0.433. The number of Topliss-reactive ketones (excluding diaryl/α,β-unsaturated/α-hetero) is 1. The van der Waals surface area contributed by atoms with E-state index in [4.69, 9.17) is 9.47 Å². The first-order valence-electron chi connectivity index (χ1n) is 7.99. The van der Waals surface area contributed by atoms with Crippen LogP contribution in [0.1, 0.15) is 43.6 Å². The Balaban J connectivity index is 3.30. The number of rotatable bonds is 8. The van der Waals surface area contributed by atoms with Crippen LogP contribution in [0.5, 0.6) is 0 Å². The molecule has 0 aliphatic heterocycles. The zero-order valence-corrected chi connectivity index (χ0v) is 14.9. The van der Waals surface area contributed by atoms with E-state index in [1.54, 1.807) is 38.1 Å². The van der Waals surface area contributed by atoms with Crippen molar-refractivity contribution < 1.29 is 28.7 Å². The van der Waals surface area contributed by atoms with E-state index in [9.17, 15) is 19.2 Å². The van der Waals surface area contributed by atoms with Crippen molar-refractivity contribution >= 4 is 23.6 Å². The summed E-state index contributed by atoms with van der Waals surface area (Å²) in [6.07, 6.45) is -0.150. The van der Waals surface area contributed by atoms with Crippen molar-refractivity contribution in [1.82, 2.24) is 5.32 Å². The van der Waals surface area contributed by atoms with E-state index >= 15 is 0 Å². The Morgan fingerprint density at radius 3 is 1.76 bits per heavy atom. The number of amides is 1. The van der Waals surface area contributed by atoms with E-state index in [0.717, 1.165) is 0 Å². The molecule has 7 nitrogen and oxygen atoms in total. The maximum Gasteiger partial charge on any atom is 0.344 e. The van der Waals surface area contributed by atoms with Gasteiger partial charge in [-0.15, -0.1) is 0 Å². The fraction of sp³-hybridized carbons (Fsp3) is 0.444. The Morgan fingerprint density at radius 2 is 1.40 bits per heavy atom. The average Bonchev–Trinajstić information content (AvgIpc) is 2.54. The fourth-order valence-electron chi connectivity index (χ4n) is 2.35. The molecule has 0 aliphatic carbocycles. The second-order valence-electron chi connectivity index (χ2n) is 5.46. The minimum atomic E-state index is -1.98. The van der Waals surface area contributed by atoms with Crippen molar-refractivity contribution in [3.63, 3.8) is 0 Å². The van der Waals surface area contributed by atoms with Crippen LogP contribution in [0.25, 0.3) is 0 Å². The summed E-state index contributed by atoms with van der Waals surface area (Å²) in [4.78, 5) is 48.0. The first kappa shape index (κ1) is 20.3. The number of ether oxygens (including phenoxy) is 2. The lowest BCUT2D eigenvalue weighted by molar-refractivity contribution is -0.168. The molecule has 0 saturated carbocycles. The Labute approximate surface area is 146 Å². The summed E-state index contributed by atoms with van der Waals surface area (Å²) in [6.45, 7) is 5.93. The maximum absolute atomic E-state index is 12.5. The van der Waals surface area contributed by atoms with Gasteiger partial charge in [0.25, 0.3) is 0 Å². The van der Waals surface area contributed by atoms with Crippen LogP contribution >= 0.6 is 0 Å². The number of hydrogen-bond donors (Lipinski definition) is 1. The van der Waals surface area contributed by atoms with E-state index in [1.165, 1.54) is 13.8 Å². The predicted molar refractivity (Wildman–Crippen MR) is 90.0 cm³/mol. The molecule has 0 fully saturated rings. The van der Waals surface area contributed by atoms with Crippen molar-refractivity contribution in [2.45, 2.75) is 39.7 Å². The van der Waals surface area contributed by atoms with Gasteiger partial charge in [0.05, 0.1) is 13.2 Å². The highest BCUT2D eigenvalue weighted by molar-refractivity contribution is 6.08. The molecule has 1 aromatic rings. The second kappa shape index (κ2) is 8.96. The molecule has 0 spiro atoms. The summed E-state index contributed by atoms with van der Waals surface area (Å²) in [7, 11) is 0. The SMILES string of the molecule is CCOC(=O)C(Cc1ccc(C(C)=O)cc1)(NC(C)=O)C(=O)OCC. The van der Waals surface area contributed by atoms with Crippen molar-refractivity contribution in [2.24, 2.45) is 0 Å². The van der Waals surface area contributed by atoms with Crippen LogP contribution in [0.2, 0.25) is 0 Å². The summed E-state index contributed by atoms with van der Waals surface area (Å²) >= 11 is 0. The van der Waals surface area contributed by atoms with E-state index < -0.39 is 23.4 Å². The van der Waals surface area contributed by atoms with Gasteiger partial charge in [-0.3, -0.25) is 9.59 Å². The maximum atomic E-state index is 12.5. The van der Waals surface area contributed by atoms with Gasteiger partial charge in [-0.2, -0.15) is 0 Å². The Bertz CT molecular complexity index is 632. The Kier molecular flexibility index (Phi) is 7.29. The molecule has 0 aliphatic rings. The van der Waals surface area contributed by atoms with Crippen LogP contribution in [0.4, 0.5) is 0 Å². The third-order valence-electron chi connectivity index (χ3n) is 3.47. The molecular formula is C18H23NO6. The molecule has 0 bridgehead atoms. The third-order valence-corrected chi connectivity index (χ3v) is 3.47. The molecule has 1 N–H and O–H groups in total. The minimum absolute atomic E-state index is 0.0445. The number of ketones is 1. The zero-order chi connectivity index (χ0) is 19.0. The average molecular weight is 349 g/mol. The largest absolute Gasteiger partial charge is 0.464 e. The first-order chi connectivity index (χ1) is 11.8. The fourth-order valence-corrected chi connectivity index (χ4v) is 2.35. The standard InChI is InChI=1S/C18H23NO6/c1-5-24-16(22)18(19-13(4)21,17(23)25-6-2)11-14-7-9-15(10-8-14)12(3)20/h7-10H,5-6,11H2,1-4H3,(H,19,21). The molecular weight excluding hydrogens is 326 g/mol. The predicted octanol–water partition coefficient (Wildman–Crippen LogP) is 1.43. The summed E-state index contributed by atoms with van der Waals surface area (Å²) in [5, 5.41) is 2.39. The van der Waals surface area contributed by atoms with Gasteiger partial charge in [0, 0.05) is 18.9 Å². The molecule has 0 aromatic heterocycles. The van der Waals surface area contributed by atoms with Crippen molar-refractivity contribution in [3.05, 3.63) is 35.4 Å². The minimum Gasteiger partial charge on any atom is -0.464 e. The number of carbonyl (C=O) groups excluding carboxylic acids is 4. The Morgan fingerprint density at radius 1 is 0.920 bits per heavy atom. The topological polar surface area (TPSA) is 98.8 Å². The molecule has 1 aromatic carbocycles. The number of carbonyl (C=O) groups is 4. The highest BCUT2D eigenvalue weighted by Gasteiger charge is 2.50. The van der Waals surface area contributed by atoms with Crippen molar-refractivity contribution in [2.75, 3.05) is 13.2 Å². The molecule has 0 atom stereocenters. The first-order valence-corrected chi connectivity index (χ1v) is 7.99. The molecule has 0 heterocycles. The molecule has 0 unspecified atom stereocenters. The van der Waals surface area contributed by atoms with Gasteiger partial charge in [0.2, 0.25) is 11.4 Å².